The highest BCUT2D eigenvalue weighted by atomic mass is 16.5. The second kappa shape index (κ2) is 6.39. The Morgan fingerprint density at radius 1 is 0.885 bits per heavy atom. The molecule has 0 aromatic carbocycles. The van der Waals surface area contributed by atoms with E-state index < -0.39 is 0 Å². The van der Waals surface area contributed by atoms with E-state index in [-0.39, 0.29) is 23.6 Å². The number of amides is 3. The van der Waals surface area contributed by atoms with Crippen molar-refractivity contribution < 1.29 is 14.3 Å². The molecule has 6 fully saturated rings. The summed E-state index contributed by atoms with van der Waals surface area (Å²) in [5, 5.41) is 3.45. The number of ether oxygens (including phenoxy) is 1. The van der Waals surface area contributed by atoms with E-state index in [1.54, 1.807) is 0 Å². The van der Waals surface area contributed by atoms with Crippen molar-refractivity contribution in [3.63, 3.8) is 0 Å². The van der Waals surface area contributed by atoms with Gasteiger partial charge in [0.15, 0.2) is 0 Å². The van der Waals surface area contributed by atoms with Crippen molar-refractivity contribution in [2.24, 2.45) is 17.8 Å². The van der Waals surface area contributed by atoms with Crippen LogP contribution in [0.4, 0.5) is 4.79 Å². The summed E-state index contributed by atoms with van der Waals surface area (Å²) < 4.78 is 5.52. The van der Waals surface area contributed by atoms with Gasteiger partial charge in [-0.25, -0.2) is 4.79 Å². The van der Waals surface area contributed by atoms with Crippen LogP contribution in [-0.4, -0.2) is 66.2 Å². The van der Waals surface area contributed by atoms with E-state index in [2.05, 4.69) is 5.32 Å². The summed E-state index contributed by atoms with van der Waals surface area (Å²) in [7, 11) is 0. The quantitative estimate of drug-likeness (QED) is 0.818. The van der Waals surface area contributed by atoms with Crippen molar-refractivity contribution in [2.45, 2.75) is 63.0 Å². The number of nitrogens with one attached hydrogen (secondary N) is 1. The second-order valence-electron chi connectivity index (χ2n) is 9.44. The Bertz CT molecular complexity index is 544. The molecule has 4 bridgehead atoms. The topological polar surface area (TPSA) is 61.9 Å². The molecule has 4 aliphatic carbocycles. The average Bonchev–Trinajstić information content (AvgIpc) is 3.14. The summed E-state index contributed by atoms with van der Waals surface area (Å²) in [6.07, 6.45) is 9.28. The van der Waals surface area contributed by atoms with Crippen LogP contribution in [0.2, 0.25) is 0 Å². The summed E-state index contributed by atoms with van der Waals surface area (Å²) in [6.45, 7) is 3.23. The Labute approximate surface area is 155 Å². The number of urea groups is 1. The molecule has 0 aromatic heterocycles. The number of carbonyl (C=O) groups is 2. The molecule has 2 saturated heterocycles. The van der Waals surface area contributed by atoms with E-state index in [4.69, 9.17) is 4.74 Å². The molecule has 1 N–H and O–H groups in total. The van der Waals surface area contributed by atoms with Crippen LogP contribution in [0, 0.1) is 17.8 Å². The maximum atomic E-state index is 12.9. The van der Waals surface area contributed by atoms with Crippen molar-refractivity contribution in [3.05, 3.63) is 0 Å². The van der Waals surface area contributed by atoms with Gasteiger partial charge in [-0.05, 0) is 69.1 Å². The SMILES string of the molecule is O=C(NC12CC3CC(CC(C3)C1)C2)N1CCN(C(=O)[C@H]2CCCO2)CC1. The molecule has 0 radical (unpaired) electrons. The Balaban J connectivity index is 1.16. The van der Waals surface area contributed by atoms with Crippen LogP contribution < -0.4 is 5.32 Å². The van der Waals surface area contributed by atoms with Crippen LogP contribution in [0.1, 0.15) is 51.4 Å². The first-order valence-electron chi connectivity index (χ1n) is 10.6. The molecule has 2 heterocycles. The van der Waals surface area contributed by atoms with Gasteiger partial charge in [-0.1, -0.05) is 0 Å². The molecule has 0 aromatic rings. The summed E-state index contributed by atoms with van der Waals surface area (Å²) >= 11 is 0. The smallest absolute Gasteiger partial charge is 0.317 e. The summed E-state index contributed by atoms with van der Waals surface area (Å²) in [6, 6.07) is 0.0937. The molecule has 6 nitrogen and oxygen atoms in total. The van der Waals surface area contributed by atoms with E-state index in [1.165, 1.54) is 38.5 Å². The lowest BCUT2D eigenvalue weighted by Crippen LogP contribution is -2.63. The van der Waals surface area contributed by atoms with Gasteiger partial charge in [0.2, 0.25) is 0 Å². The molecule has 26 heavy (non-hydrogen) atoms. The Hall–Kier alpha value is -1.30. The number of hydrogen-bond donors (Lipinski definition) is 1. The Kier molecular flexibility index (Phi) is 4.14. The average molecular weight is 361 g/mol. The zero-order valence-corrected chi connectivity index (χ0v) is 15.6. The molecule has 2 aliphatic heterocycles. The van der Waals surface area contributed by atoms with Crippen LogP contribution >= 0.6 is 0 Å². The maximum absolute atomic E-state index is 12.9. The third-order valence-electron chi connectivity index (χ3n) is 7.49. The Morgan fingerprint density at radius 3 is 2.00 bits per heavy atom. The molecule has 0 unspecified atom stereocenters. The van der Waals surface area contributed by atoms with Crippen LogP contribution in [0.25, 0.3) is 0 Å². The molecule has 0 spiro atoms. The second-order valence-corrected chi connectivity index (χ2v) is 9.44. The van der Waals surface area contributed by atoms with Gasteiger partial charge in [0, 0.05) is 38.3 Å². The third kappa shape index (κ3) is 3.00. The van der Waals surface area contributed by atoms with Gasteiger partial charge >= 0.3 is 6.03 Å². The van der Waals surface area contributed by atoms with E-state index in [1.807, 2.05) is 9.80 Å². The van der Waals surface area contributed by atoms with Crippen LogP contribution in [0.3, 0.4) is 0 Å². The van der Waals surface area contributed by atoms with Crippen molar-refractivity contribution in [1.29, 1.82) is 0 Å². The number of nitrogens with zero attached hydrogens (tertiary/aromatic N) is 2. The lowest BCUT2D eigenvalue weighted by Gasteiger charge is -2.57. The zero-order valence-electron chi connectivity index (χ0n) is 15.6. The predicted octanol–water partition coefficient (Wildman–Crippen LogP) is 1.99. The monoisotopic (exact) mass is 361 g/mol. The van der Waals surface area contributed by atoms with Gasteiger partial charge in [0.25, 0.3) is 5.91 Å². The van der Waals surface area contributed by atoms with E-state index in [0.29, 0.717) is 32.8 Å². The van der Waals surface area contributed by atoms with E-state index >= 15 is 0 Å². The zero-order chi connectivity index (χ0) is 17.7. The fourth-order valence-electron chi connectivity index (χ4n) is 6.68. The minimum Gasteiger partial charge on any atom is -0.368 e. The van der Waals surface area contributed by atoms with Gasteiger partial charge in [-0.2, -0.15) is 0 Å². The highest BCUT2D eigenvalue weighted by Crippen LogP contribution is 2.55. The fraction of sp³-hybridized carbons (Fsp3) is 0.900. The van der Waals surface area contributed by atoms with Crippen molar-refractivity contribution in [1.82, 2.24) is 15.1 Å². The molecule has 3 amide bonds. The minimum atomic E-state index is -0.248. The van der Waals surface area contributed by atoms with Gasteiger partial charge in [-0.3, -0.25) is 4.79 Å². The van der Waals surface area contributed by atoms with Crippen LogP contribution in [0.15, 0.2) is 0 Å². The third-order valence-corrected chi connectivity index (χ3v) is 7.49. The first-order valence-corrected chi connectivity index (χ1v) is 10.6. The number of piperazine rings is 1. The lowest BCUT2D eigenvalue weighted by atomic mass is 9.53. The molecule has 6 heteroatoms. The number of carbonyl (C=O) groups excluding carboxylic acids is 2. The normalized spacial score (nSPS) is 41.5. The molecular weight excluding hydrogens is 330 g/mol. The molecule has 144 valence electrons. The largest absolute Gasteiger partial charge is 0.368 e. The Morgan fingerprint density at radius 2 is 1.46 bits per heavy atom. The van der Waals surface area contributed by atoms with Crippen molar-refractivity contribution in [2.75, 3.05) is 32.8 Å². The van der Waals surface area contributed by atoms with Crippen LogP contribution in [0.5, 0.6) is 0 Å². The molecule has 4 saturated carbocycles. The van der Waals surface area contributed by atoms with Gasteiger partial charge in [-0.15, -0.1) is 0 Å². The van der Waals surface area contributed by atoms with Gasteiger partial charge < -0.3 is 19.9 Å². The summed E-state index contributed by atoms with van der Waals surface area (Å²) in [5.41, 5.74) is 0.0659. The number of rotatable bonds is 2. The molecular formula is C20H31N3O3. The first kappa shape index (κ1) is 16.8. The van der Waals surface area contributed by atoms with E-state index in [9.17, 15) is 9.59 Å². The standard InChI is InChI=1S/C20H31N3O3/c24-18(17-2-1-7-26-17)22-3-5-23(6-4-22)19(25)21-20-11-14-8-15(12-20)10-16(9-14)13-20/h14-17H,1-13H2,(H,21,25)/t14?,15?,16?,17-,20?/m1/s1. The fourth-order valence-corrected chi connectivity index (χ4v) is 6.68. The first-order chi connectivity index (χ1) is 12.6. The number of hydrogen-bond acceptors (Lipinski definition) is 3. The van der Waals surface area contributed by atoms with Crippen molar-refractivity contribution in [3.8, 4) is 0 Å². The van der Waals surface area contributed by atoms with Gasteiger partial charge in [0.05, 0.1) is 0 Å². The molecule has 6 rings (SSSR count). The van der Waals surface area contributed by atoms with Crippen LogP contribution in [-0.2, 0) is 9.53 Å². The van der Waals surface area contributed by atoms with Gasteiger partial charge in [0.1, 0.15) is 6.10 Å². The predicted molar refractivity (Wildman–Crippen MR) is 96.6 cm³/mol. The minimum absolute atomic E-state index is 0.0659. The lowest BCUT2D eigenvalue weighted by molar-refractivity contribution is -0.142. The highest BCUT2D eigenvalue weighted by Gasteiger charge is 2.52. The summed E-state index contributed by atoms with van der Waals surface area (Å²) in [4.78, 5) is 29.2. The van der Waals surface area contributed by atoms with E-state index in [0.717, 1.165) is 30.6 Å². The summed E-state index contributed by atoms with van der Waals surface area (Å²) in [5.74, 6) is 2.62. The molecule has 1 atom stereocenters. The molecule has 6 aliphatic rings. The maximum Gasteiger partial charge on any atom is 0.317 e. The van der Waals surface area contributed by atoms with Crippen molar-refractivity contribution >= 4 is 11.9 Å². The highest BCUT2D eigenvalue weighted by molar-refractivity contribution is 5.82.